The maximum Gasteiger partial charge on any atom is 0.140 e. The van der Waals surface area contributed by atoms with Gasteiger partial charge >= 0.3 is 0 Å². The third-order valence-corrected chi connectivity index (χ3v) is 4.14. The fourth-order valence-corrected chi connectivity index (χ4v) is 3.36. The SMILES string of the molecule is CN(C)CCCN1CCC2(CC(=O)CC(=O)C2)C1. The van der Waals surface area contributed by atoms with E-state index in [1.165, 1.54) is 0 Å². The van der Waals surface area contributed by atoms with E-state index in [1.54, 1.807) is 0 Å². The molecule has 2 aliphatic rings. The van der Waals surface area contributed by atoms with Crippen LogP contribution in [0.5, 0.6) is 0 Å². The minimum absolute atomic E-state index is 0.00939. The van der Waals surface area contributed by atoms with E-state index < -0.39 is 0 Å². The molecule has 0 aromatic heterocycles. The molecule has 1 aliphatic heterocycles. The Kier molecular flexibility index (Phi) is 4.17. The molecule has 1 heterocycles. The Morgan fingerprint density at radius 1 is 1.22 bits per heavy atom. The van der Waals surface area contributed by atoms with E-state index in [0.717, 1.165) is 39.0 Å². The standard InChI is InChI=1S/C14H24N2O2/c1-15(2)5-3-6-16-7-4-14(11-16)9-12(17)8-13(18)10-14/h3-11H2,1-2H3. The van der Waals surface area contributed by atoms with E-state index in [9.17, 15) is 9.59 Å². The van der Waals surface area contributed by atoms with Crippen molar-refractivity contribution in [1.29, 1.82) is 0 Å². The summed E-state index contributed by atoms with van der Waals surface area (Å²) in [5.74, 6) is 0.308. The van der Waals surface area contributed by atoms with Crippen LogP contribution in [0.2, 0.25) is 0 Å². The number of carbonyl (C=O) groups is 2. The molecule has 0 aromatic rings. The van der Waals surface area contributed by atoms with Crippen LogP contribution in [0.4, 0.5) is 0 Å². The van der Waals surface area contributed by atoms with Crippen molar-refractivity contribution >= 4 is 11.6 Å². The fraction of sp³-hybridized carbons (Fsp3) is 0.857. The second-order valence-electron chi connectivity index (χ2n) is 6.29. The molecule has 1 spiro atoms. The van der Waals surface area contributed by atoms with Gasteiger partial charge < -0.3 is 9.80 Å². The second kappa shape index (κ2) is 5.49. The summed E-state index contributed by atoms with van der Waals surface area (Å²) in [5.41, 5.74) is -0.00939. The third-order valence-electron chi connectivity index (χ3n) is 4.14. The first-order valence-corrected chi connectivity index (χ1v) is 6.90. The van der Waals surface area contributed by atoms with Crippen LogP contribution in [0.15, 0.2) is 0 Å². The molecular weight excluding hydrogens is 228 g/mol. The summed E-state index contributed by atoms with van der Waals surface area (Å²) in [4.78, 5) is 27.8. The first-order chi connectivity index (χ1) is 8.49. The van der Waals surface area contributed by atoms with Gasteiger partial charge in [0, 0.05) is 19.4 Å². The van der Waals surface area contributed by atoms with Crippen LogP contribution in [0.3, 0.4) is 0 Å². The fourth-order valence-electron chi connectivity index (χ4n) is 3.36. The zero-order valence-corrected chi connectivity index (χ0v) is 11.6. The highest BCUT2D eigenvalue weighted by Crippen LogP contribution is 2.41. The van der Waals surface area contributed by atoms with E-state index in [4.69, 9.17) is 0 Å². The van der Waals surface area contributed by atoms with E-state index in [-0.39, 0.29) is 23.4 Å². The van der Waals surface area contributed by atoms with Gasteiger partial charge in [-0.3, -0.25) is 9.59 Å². The van der Waals surface area contributed by atoms with Gasteiger partial charge in [0.25, 0.3) is 0 Å². The number of likely N-dealkylation sites (tertiary alicyclic amines) is 1. The van der Waals surface area contributed by atoms with E-state index in [1.807, 2.05) is 0 Å². The predicted molar refractivity (Wildman–Crippen MR) is 70.5 cm³/mol. The van der Waals surface area contributed by atoms with Gasteiger partial charge in [-0.2, -0.15) is 0 Å². The Bertz CT molecular complexity index is 323. The summed E-state index contributed by atoms with van der Waals surface area (Å²) in [6, 6.07) is 0. The lowest BCUT2D eigenvalue weighted by molar-refractivity contribution is -0.133. The molecule has 0 radical (unpaired) electrons. The molecule has 0 N–H and O–H groups in total. The number of nitrogens with zero attached hydrogens (tertiary/aromatic N) is 2. The molecule has 0 bridgehead atoms. The topological polar surface area (TPSA) is 40.6 Å². The zero-order valence-electron chi connectivity index (χ0n) is 11.6. The average Bonchev–Trinajstić information content (AvgIpc) is 2.58. The predicted octanol–water partition coefficient (Wildman–Crippen LogP) is 0.952. The van der Waals surface area contributed by atoms with Gasteiger partial charge in [0.1, 0.15) is 11.6 Å². The molecule has 0 aromatic carbocycles. The highest BCUT2D eigenvalue weighted by atomic mass is 16.1. The van der Waals surface area contributed by atoms with Crippen LogP contribution < -0.4 is 0 Å². The molecule has 0 amide bonds. The maximum absolute atomic E-state index is 11.6. The van der Waals surface area contributed by atoms with Gasteiger partial charge in [-0.1, -0.05) is 0 Å². The van der Waals surface area contributed by atoms with Crippen molar-refractivity contribution in [2.45, 2.75) is 32.1 Å². The summed E-state index contributed by atoms with van der Waals surface area (Å²) in [7, 11) is 4.17. The largest absolute Gasteiger partial charge is 0.309 e. The summed E-state index contributed by atoms with van der Waals surface area (Å²) in [6.07, 6.45) is 3.62. The molecule has 1 saturated heterocycles. The highest BCUT2D eigenvalue weighted by molar-refractivity contribution is 6.02. The Balaban J connectivity index is 1.83. The Labute approximate surface area is 109 Å². The quantitative estimate of drug-likeness (QED) is 0.699. The number of ketones is 2. The van der Waals surface area contributed by atoms with E-state index in [0.29, 0.717) is 12.8 Å². The van der Waals surface area contributed by atoms with Gasteiger partial charge in [-0.25, -0.2) is 0 Å². The molecular formula is C14H24N2O2. The minimum Gasteiger partial charge on any atom is -0.309 e. The van der Waals surface area contributed by atoms with Gasteiger partial charge in [-0.15, -0.1) is 0 Å². The van der Waals surface area contributed by atoms with Crippen LogP contribution in [0.1, 0.15) is 32.1 Å². The van der Waals surface area contributed by atoms with Gasteiger partial charge in [0.05, 0.1) is 6.42 Å². The lowest BCUT2D eigenvalue weighted by Gasteiger charge is -2.31. The normalized spacial score (nSPS) is 24.4. The minimum atomic E-state index is -0.00939. The molecule has 1 saturated carbocycles. The van der Waals surface area contributed by atoms with Crippen LogP contribution in [-0.2, 0) is 9.59 Å². The average molecular weight is 252 g/mol. The molecule has 0 unspecified atom stereocenters. The molecule has 102 valence electrons. The number of Topliss-reactive ketones (excluding diaryl/α,β-unsaturated/α-hetero) is 2. The van der Waals surface area contributed by atoms with Gasteiger partial charge in [-0.05, 0) is 52.0 Å². The lowest BCUT2D eigenvalue weighted by Crippen LogP contribution is -2.37. The van der Waals surface area contributed by atoms with Crippen LogP contribution >= 0.6 is 0 Å². The van der Waals surface area contributed by atoms with Crippen LogP contribution in [-0.4, -0.2) is 61.6 Å². The molecule has 1 aliphatic carbocycles. The third kappa shape index (κ3) is 3.39. The first kappa shape index (κ1) is 13.7. The summed E-state index contributed by atoms with van der Waals surface area (Å²) in [5, 5.41) is 0. The monoisotopic (exact) mass is 252 g/mol. The molecule has 0 atom stereocenters. The number of hydrogen-bond donors (Lipinski definition) is 0. The Morgan fingerprint density at radius 3 is 2.50 bits per heavy atom. The Morgan fingerprint density at radius 2 is 1.89 bits per heavy atom. The van der Waals surface area contributed by atoms with E-state index >= 15 is 0 Å². The van der Waals surface area contributed by atoms with Gasteiger partial charge in [0.15, 0.2) is 0 Å². The molecule has 4 nitrogen and oxygen atoms in total. The first-order valence-electron chi connectivity index (χ1n) is 6.90. The number of hydrogen-bond acceptors (Lipinski definition) is 4. The smallest absolute Gasteiger partial charge is 0.140 e. The number of rotatable bonds is 4. The van der Waals surface area contributed by atoms with Crippen molar-refractivity contribution in [3.63, 3.8) is 0 Å². The van der Waals surface area contributed by atoms with Gasteiger partial charge in [0.2, 0.25) is 0 Å². The summed E-state index contributed by atoms with van der Waals surface area (Å²) in [6.45, 7) is 4.18. The van der Waals surface area contributed by atoms with Crippen molar-refractivity contribution in [3.05, 3.63) is 0 Å². The van der Waals surface area contributed by atoms with Crippen molar-refractivity contribution in [2.24, 2.45) is 5.41 Å². The van der Waals surface area contributed by atoms with Crippen LogP contribution in [0, 0.1) is 5.41 Å². The summed E-state index contributed by atoms with van der Waals surface area (Å²) >= 11 is 0. The van der Waals surface area contributed by atoms with Crippen LogP contribution in [0.25, 0.3) is 0 Å². The summed E-state index contributed by atoms with van der Waals surface area (Å²) < 4.78 is 0. The maximum atomic E-state index is 11.6. The van der Waals surface area contributed by atoms with Crippen molar-refractivity contribution in [1.82, 2.24) is 9.80 Å². The number of carbonyl (C=O) groups excluding carboxylic acids is 2. The molecule has 4 heteroatoms. The highest BCUT2D eigenvalue weighted by Gasteiger charge is 2.43. The second-order valence-corrected chi connectivity index (χ2v) is 6.29. The van der Waals surface area contributed by atoms with Crippen molar-refractivity contribution in [2.75, 3.05) is 40.3 Å². The zero-order chi connectivity index (χ0) is 13.2. The molecule has 2 fully saturated rings. The van der Waals surface area contributed by atoms with Crippen molar-refractivity contribution < 1.29 is 9.59 Å². The van der Waals surface area contributed by atoms with Crippen molar-refractivity contribution in [3.8, 4) is 0 Å². The molecule has 18 heavy (non-hydrogen) atoms. The van der Waals surface area contributed by atoms with E-state index in [2.05, 4.69) is 23.9 Å². The Hall–Kier alpha value is -0.740. The molecule has 2 rings (SSSR count). The lowest BCUT2D eigenvalue weighted by atomic mass is 9.72.